The van der Waals surface area contributed by atoms with Crippen LogP contribution in [0, 0.1) is 15.9 Å². The van der Waals surface area contributed by atoms with Gasteiger partial charge in [-0.05, 0) is 42.5 Å². The maximum atomic E-state index is 13.1. The molecular weight excluding hydrogens is 389 g/mol. The number of rotatable bonds is 6. The van der Waals surface area contributed by atoms with Crippen molar-refractivity contribution in [1.82, 2.24) is 0 Å². The van der Waals surface area contributed by atoms with Gasteiger partial charge in [0.15, 0.2) is 5.78 Å². The van der Waals surface area contributed by atoms with Gasteiger partial charge in [-0.3, -0.25) is 19.7 Å². The Morgan fingerprint density at radius 2 is 1.60 bits per heavy atom. The number of benzene rings is 3. The number of anilines is 2. The minimum atomic E-state index is -0.556. The second-order valence-corrected chi connectivity index (χ2v) is 6.69. The Kier molecular flexibility index (Phi) is 5.87. The Labute approximate surface area is 171 Å². The summed E-state index contributed by atoms with van der Waals surface area (Å²) in [6, 6.07) is 15.6. The number of halogens is 1. The fraction of sp³-hybridized carbons (Fsp3) is 0.0909. The fourth-order valence-electron chi connectivity index (χ4n) is 2.96. The lowest BCUT2D eigenvalue weighted by molar-refractivity contribution is -0.384. The molecule has 1 amide bonds. The summed E-state index contributed by atoms with van der Waals surface area (Å²) in [4.78, 5) is 38.2. The average molecular weight is 407 g/mol. The molecule has 1 N–H and O–H groups in total. The quantitative estimate of drug-likeness (QED) is 0.374. The summed E-state index contributed by atoms with van der Waals surface area (Å²) in [7, 11) is 3.33. The summed E-state index contributed by atoms with van der Waals surface area (Å²) in [5, 5.41) is 14.0. The van der Waals surface area contributed by atoms with Gasteiger partial charge in [0.2, 0.25) is 0 Å². The van der Waals surface area contributed by atoms with Crippen LogP contribution < -0.4 is 10.2 Å². The molecule has 0 aromatic heterocycles. The predicted octanol–water partition coefficient (Wildman–Crippen LogP) is 4.28. The van der Waals surface area contributed by atoms with Crippen LogP contribution in [0.15, 0.2) is 66.7 Å². The first-order valence-electron chi connectivity index (χ1n) is 8.94. The molecule has 0 saturated carbocycles. The lowest BCUT2D eigenvalue weighted by atomic mass is 9.97. The van der Waals surface area contributed by atoms with Crippen LogP contribution in [0.2, 0.25) is 0 Å². The van der Waals surface area contributed by atoms with Crippen LogP contribution in [0.3, 0.4) is 0 Å². The maximum absolute atomic E-state index is 13.1. The van der Waals surface area contributed by atoms with E-state index in [1.54, 1.807) is 31.1 Å². The van der Waals surface area contributed by atoms with Gasteiger partial charge >= 0.3 is 0 Å². The molecule has 3 aromatic rings. The van der Waals surface area contributed by atoms with Gasteiger partial charge in [-0.25, -0.2) is 4.39 Å². The van der Waals surface area contributed by atoms with Crippen molar-refractivity contribution in [2.45, 2.75) is 0 Å². The van der Waals surface area contributed by atoms with Crippen molar-refractivity contribution in [1.29, 1.82) is 0 Å². The minimum Gasteiger partial charge on any atom is -0.372 e. The Morgan fingerprint density at radius 3 is 2.20 bits per heavy atom. The molecule has 3 rings (SSSR count). The summed E-state index contributed by atoms with van der Waals surface area (Å²) >= 11 is 0. The first-order chi connectivity index (χ1) is 14.3. The summed E-state index contributed by atoms with van der Waals surface area (Å²) < 4.78 is 13.1. The van der Waals surface area contributed by atoms with E-state index in [2.05, 4.69) is 5.32 Å². The maximum Gasteiger partial charge on any atom is 0.293 e. The van der Waals surface area contributed by atoms with Crippen molar-refractivity contribution >= 4 is 28.8 Å². The lowest BCUT2D eigenvalue weighted by Gasteiger charge is -2.14. The highest BCUT2D eigenvalue weighted by atomic mass is 19.1. The monoisotopic (exact) mass is 407 g/mol. The van der Waals surface area contributed by atoms with Gasteiger partial charge in [0.25, 0.3) is 11.6 Å². The van der Waals surface area contributed by atoms with Gasteiger partial charge < -0.3 is 10.2 Å². The predicted molar refractivity (Wildman–Crippen MR) is 112 cm³/mol. The Balaban J connectivity index is 1.96. The van der Waals surface area contributed by atoms with Crippen molar-refractivity contribution in [3.63, 3.8) is 0 Å². The number of carbonyl (C=O) groups excluding carboxylic acids is 2. The van der Waals surface area contributed by atoms with Crippen LogP contribution in [0.5, 0.6) is 0 Å². The molecule has 152 valence electrons. The molecule has 0 heterocycles. The first kappa shape index (κ1) is 20.7. The molecule has 0 unspecified atom stereocenters. The van der Waals surface area contributed by atoms with Crippen molar-refractivity contribution in [2.75, 3.05) is 24.3 Å². The minimum absolute atomic E-state index is 0.0920. The van der Waals surface area contributed by atoms with Crippen LogP contribution in [-0.2, 0) is 0 Å². The highest BCUT2D eigenvalue weighted by Crippen LogP contribution is 2.29. The largest absolute Gasteiger partial charge is 0.372 e. The molecule has 7 nitrogen and oxygen atoms in total. The van der Waals surface area contributed by atoms with Gasteiger partial charge in [0.05, 0.1) is 10.5 Å². The third kappa shape index (κ3) is 4.33. The molecule has 0 aliphatic carbocycles. The van der Waals surface area contributed by atoms with Gasteiger partial charge in [-0.1, -0.05) is 18.2 Å². The van der Waals surface area contributed by atoms with Gasteiger partial charge in [0.1, 0.15) is 11.5 Å². The normalized spacial score (nSPS) is 10.4. The topological polar surface area (TPSA) is 92.6 Å². The van der Waals surface area contributed by atoms with E-state index in [4.69, 9.17) is 0 Å². The molecule has 8 heteroatoms. The van der Waals surface area contributed by atoms with E-state index in [1.165, 1.54) is 54.6 Å². The van der Waals surface area contributed by atoms with Crippen molar-refractivity contribution in [3.05, 3.63) is 99.4 Å². The molecule has 0 aliphatic heterocycles. The van der Waals surface area contributed by atoms with Crippen LogP contribution in [0.1, 0.15) is 26.3 Å². The molecule has 0 aliphatic rings. The number of nitrogens with zero attached hydrogens (tertiary/aromatic N) is 2. The summed E-state index contributed by atoms with van der Waals surface area (Å²) in [5.41, 5.74) is 0.817. The Morgan fingerprint density at radius 1 is 0.967 bits per heavy atom. The van der Waals surface area contributed by atoms with Crippen LogP contribution >= 0.6 is 0 Å². The number of ketones is 1. The number of nitro groups is 1. The summed E-state index contributed by atoms with van der Waals surface area (Å²) in [6.45, 7) is 0. The van der Waals surface area contributed by atoms with Crippen LogP contribution in [0.4, 0.5) is 21.5 Å². The number of hydrogen-bond acceptors (Lipinski definition) is 5. The smallest absolute Gasteiger partial charge is 0.293 e. The molecule has 0 atom stereocenters. The van der Waals surface area contributed by atoms with Crippen molar-refractivity contribution in [3.8, 4) is 0 Å². The second-order valence-electron chi connectivity index (χ2n) is 6.69. The number of hydrogen-bond donors (Lipinski definition) is 1. The van der Waals surface area contributed by atoms with E-state index in [0.717, 1.165) is 0 Å². The van der Waals surface area contributed by atoms with E-state index in [9.17, 15) is 24.1 Å². The molecule has 0 saturated heterocycles. The van der Waals surface area contributed by atoms with Gasteiger partial charge in [-0.15, -0.1) is 0 Å². The van der Waals surface area contributed by atoms with Gasteiger partial charge in [-0.2, -0.15) is 0 Å². The van der Waals surface area contributed by atoms with Crippen LogP contribution in [-0.4, -0.2) is 30.7 Å². The zero-order valence-electron chi connectivity index (χ0n) is 16.3. The van der Waals surface area contributed by atoms with E-state index < -0.39 is 22.4 Å². The molecule has 0 bridgehead atoms. The third-order valence-corrected chi connectivity index (χ3v) is 4.43. The molecule has 3 aromatic carbocycles. The Hall–Kier alpha value is -4.07. The molecule has 0 fully saturated rings. The standard InChI is InChI=1S/C22H18FN3O4/c1-25(2)19-12-7-14(13-20(19)26(29)30)21(27)17-5-3-4-6-18(17)22(28)24-16-10-8-15(23)9-11-16/h3-13H,1-2H3,(H,24,28). The van der Waals surface area contributed by atoms with Crippen molar-refractivity contribution < 1.29 is 18.9 Å². The summed E-state index contributed by atoms with van der Waals surface area (Å²) in [5.74, 6) is -1.51. The zero-order chi connectivity index (χ0) is 21.8. The van der Waals surface area contributed by atoms with Crippen molar-refractivity contribution in [2.24, 2.45) is 0 Å². The SMILES string of the molecule is CN(C)c1ccc(C(=O)c2ccccc2C(=O)Nc2ccc(F)cc2)cc1[N+](=O)[O-]. The lowest BCUT2D eigenvalue weighted by Crippen LogP contribution is -2.17. The molecule has 0 spiro atoms. The third-order valence-electron chi connectivity index (χ3n) is 4.43. The molecular formula is C22H18FN3O4. The second kappa shape index (κ2) is 8.52. The van der Waals surface area contributed by atoms with E-state index in [0.29, 0.717) is 11.4 Å². The number of nitrogens with one attached hydrogen (secondary N) is 1. The molecule has 30 heavy (non-hydrogen) atoms. The zero-order valence-corrected chi connectivity index (χ0v) is 16.3. The average Bonchev–Trinajstić information content (AvgIpc) is 2.74. The highest BCUT2D eigenvalue weighted by molar-refractivity contribution is 6.18. The number of carbonyl (C=O) groups is 2. The summed E-state index contributed by atoms with van der Waals surface area (Å²) in [6.07, 6.45) is 0. The van der Waals surface area contributed by atoms with E-state index >= 15 is 0 Å². The first-order valence-corrected chi connectivity index (χ1v) is 8.94. The highest BCUT2D eigenvalue weighted by Gasteiger charge is 2.22. The van der Waals surface area contributed by atoms with E-state index in [1.807, 2.05) is 0 Å². The van der Waals surface area contributed by atoms with Crippen LogP contribution in [0.25, 0.3) is 0 Å². The van der Waals surface area contributed by atoms with E-state index in [-0.39, 0.29) is 22.4 Å². The number of nitro benzene ring substituents is 1. The fourth-order valence-corrected chi connectivity index (χ4v) is 2.96. The Bertz CT molecular complexity index is 1130. The number of amides is 1. The molecule has 0 radical (unpaired) electrons. The van der Waals surface area contributed by atoms with Gasteiger partial charge in [0, 0.05) is 37.0 Å².